The van der Waals surface area contributed by atoms with Crippen LogP contribution in [0.25, 0.3) is 33.2 Å². The summed E-state index contributed by atoms with van der Waals surface area (Å²) in [6.07, 6.45) is 3.03. The highest BCUT2D eigenvalue weighted by atomic mass is 16.5. The van der Waals surface area contributed by atoms with Gasteiger partial charge in [-0.25, -0.2) is 14.6 Å². The molecule has 3 N–H and O–H groups in total. The average Bonchev–Trinajstić information content (AvgIpc) is 4.12. The van der Waals surface area contributed by atoms with Crippen LogP contribution in [0.4, 0.5) is 15.3 Å². The van der Waals surface area contributed by atoms with Gasteiger partial charge in [-0.05, 0) is 96.8 Å². The lowest BCUT2D eigenvalue weighted by molar-refractivity contribution is -0.138. The molecule has 16 nitrogen and oxygen atoms in total. The van der Waals surface area contributed by atoms with Gasteiger partial charge in [0.25, 0.3) is 0 Å². The molecule has 8 rings (SSSR count). The molecule has 0 saturated carbocycles. The molecule has 1 aromatic heterocycles. The van der Waals surface area contributed by atoms with Crippen LogP contribution in [-0.2, 0) is 41.6 Å². The van der Waals surface area contributed by atoms with Crippen LogP contribution in [0.3, 0.4) is 0 Å². The number of alkyl carbamates (subject to hydrolysis) is 2. The van der Waals surface area contributed by atoms with E-state index in [1.807, 2.05) is 11.0 Å². The van der Waals surface area contributed by atoms with Crippen molar-refractivity contribution in [3.05, 3.63) is 65.6 Å². The quantitative estimate of drug-likeness (QED) is 0.172. The average molecular weight is 822 g/mol. The molecule has 0 aliphatic carbocycles. The van der Waals surface area contributed by atoms with Gasteiger partial charge in [0.05, 0.1) is 56.1 Å². The van der Waals surface area contributed by atoms with Crippen LogP contribution in [-0.4, -0.2) is 121 Å². The molecule has 2 saturated heterocycles. The lowest BCUT2D eigenvalue weighted by Crippen LogP contribution is -2.56. The topological polar surface area (TPSA) is 186 Å². The maximum absolute atomic E-state index is 13.9. The van der Waals surface area contributed by atoms with Gasteiger partial charge in [0, 0.05) is 45.0 Å². The molecule has 5 heterocycles. The molecule has 316 valence electrons. The molecule has 4 aliphatic heterocycles. The Labute approximate surface area is 347 Å². The summed E-state index contributed by atoms with van der Waals surface area (Å²) in [7, 11) is 5.54. The number of aromatic nitrogens is 2. The Bertz CT molecular complexity index is 2360. The number of likely N-dealkylation sites (tertiary alicyclic amines) is 2. The Morgan fingerprint density at radius 1 is 0.817 bits per heavy atom. The number of methoxy groups -OCH3 is 4. The van der Waals surface area contributed by atoms with Gasteiger partial charge in [-0.1, -0.05) is 18.2 Å². The molecule has 0 radical (unpaired) electrons. The van der Waals surface area contributed by atoms with Crippen LogP contribution in [0.1, 0.15) is 62.5 Å². The second kappa shape index (κ2) is 16.9. The van der Waals surface area contributed by atoms with E-state index in [-0.39, 0.29) is 23.9 Å². The number of amides is 4. The predicted molar refractivity (Wildman–Crippen MR) is 222 cm³/mol. The first-order valence-electron chi connectivity index (χ1n) is 20.4. The number of hydrogen-bond donors (Lipinski definition) is 3. The van der Waals surface area contributed by atoms with E-state index in [1.165, 1.54) is 28.4 Å². The summed E-state index contributed by atoms with van der Waals surface area (Å²) in [5.41, 5.74) is 7.81. The maximum Gasteiger partial charge on any atom is 0.407 e. The van der Waals surface area contributed by atoms with Gasteiger partial charge in [0.1, 0.15) is 30.3 Å². The number of aliphatic imine (C=N–C) groups is 1. The van der Waals surface area contributed by atoms with E-state index in [9.17, 15) is 19.2 Å². The van der Waals surface area contributed by atoms with Crippen molar-refractivity contribution in [2.24, 2.45) is 4.99 Å². The van der Waals surface area contributed by atoms with Crippen molar-refractivity contribution in [1.29, 1.82) is 0 Å². The van der Waals surface area contributed by atoms with Crippen molar-refractivity contribution in [3.8, 4) is 28.1 Å². The summed E-state index contributed by atoms with van der Waals surface area (Å²) < 4.78 is 26.9. The first kappa shape index (κ1) is 40.8. The fraction of sp³-hybridized carbons (Fsp3) is 0.455. The largest absolute Gasteiger partial charge is 0.488 e. The molecule has 3 aromatic carbocycles. The van der Waals surface area contributed by atoms with Crippen LogP contribution in [0.2, 0.25) is 0 Å². The molecule has 0 spiro atoms. The molecule has 0 bridgehead atoms. The zero-order valence-electron chi connectivity index (χ0n) is 34.7. The molecule has 4 aliphatic rings. The monoisotopic (exact) mass is 821 g/mol. The Kier molecular flexibility index (Phi) is 11.5. The Morgan fingerprint density at radius 2 is 1.47 bits per heavy atom. The summed E-state index contributed by atoms with van der Waals surface area (Å²) in [5.74, 6) is 0.999. The normalized spacial score (nSPS) is 19.9. The number of carbonyl (C=O) groups excluding carboxylic acids is 4. The number of hydrogen-bond acceptors (Lipinski definition) is 11. The first-order chi connectivity index (χ1) is 29.0. The third-order valence-corrected chi connectivity index (χ3v) is 12.4. The number of ether oxygens (including phenoxy) is 5. The van der Waals surface area contributed by atoms with E-state index >= 15 is 0 Å². The fourth-order valence-corrected chi connectivity index (χ4v) is 9.00. The molecule has 4 aromatic rings. The zero-order chi connectivity index (χ0) is 42.2. The van der Waals surface area contributed by atoms with Gasteiger partial charge < -0.3 is 49.1 Å². The third-order valence-electron chi connectivity index (χ3n) is 12.4. The summed E-state index contributed by atoms with van der Waals surface area (Å²) in [6.45, 7) is 4.96. The zero-order valence-corrected chi connectivity index (χ0v) is 34.7. The third kappa shape index (κ3) is 7.53. The first-order valence-corrected chi connectivity index (χ1v) is 20.4. The van der Waals surface area contributed by atoms with Gasteiger partial charge >= 0.3 is 12.2 Å². The second-order valence-corrected chi connectivity index (χ2v) is 15.7. The van der Waals surface area contributed by atoms with Crippen molar-refractivity contribution in [2.75, 3.05) is 41.5 Å². The summed E-state index contributed by atoms with van der Waals surface area (Å²) in [5, 5.41) is 7.42. The van der Waals surface area contributed by atoms with Crippen molar-refractivity contribution < 1.29 is 42.9 Å². The van der Waals surface area contributed by atoms with Crippen LogP contribution in [0.5, 0.6) is 5.75 Å². The number of aromatic amines is 1. The Hall–Kier alpha value is -6.00. The predicted octanol–water partition coefficient (Wildman–Crippen LogP) is 5.59. The van der Waals surface area contributed by atoms with E-state index in [2.05, 4.69) is 52.0 Å². The maximum atomic E-state index is 13.9. The SMILES string of the molecule is COC(=O)NC(C(=O)N1CCC[C@H]1c1ncc(-c2ccc3c(c2)COc2cc4c5c(ccc4cc2-3)N=C([C@@H]2CCCN2C(=O)[C@@H](NC(=O)OC)[C@@H](C)OC)C5)[nH]1)[C@@H](C)OC. The molecular weight excluding hydrogens is 771 g/mol. The minimum atomic E-state index is -0.909. The number of fused-ring (bicyclic) bond motifs is 6. The van der Waals surface area contributed by atoms with Crippen LogP contribution in [0, 0.1) is 0 Å². The van der Waals surface area contributed by atoms with Gasteiger partial charge in [0.2, 0.25) is 11.8 Å². The molecular formula is C44H51N7O9. The van der Waals surface area contributed by atoms with Gasteiger partial charge in [-0.3, -0.25) is 14.6 Å². The molecule has 4 amide bonds. The van der Waals surface area contributed by atoms with Gasteiger partial charge in [-0.15, -0.1) is 0 Å². The minimum Gasteiger partial charge on any atom is -0.488 e. The van der Waals surface area contributed by atoms with E-state index in [0.717, 1.165) is 87.1 Å². The van der Waals surface area contributed by atoms with E-state index in [4.69, 9.17) is 33.7 Å². The number of H-pyrrole nitrogens is 1. The standard InChI is InChI=1S/C44H51N7O9/c1-23(56-3)38(48-43(54)58-5)41(52)50-15-7-9-35(50)33-19-30-29-20-37-31(18-25(29)12-14-32(30)46-33)28-13-11-26(17-27(28)22-60-37)34-21-45-40(47-34)36-10-8-16-51(36)42(53)39(24(2)57-4)49-44(55)59-6/h11-14,17-18,20-21,23-24,35-36,38-39H,7-10,15-16,19,22H2,1-6H3,(H,45,47)(H,48,54)(H,49,55)/t23-,24-,35+,36+,38+,39?/m1/s1. The molecule has 1 unspecified atom stereocenters. The lowest BCUT2D eigenvalue weighted by Gasteiger charge is -2.31. The van der Waals surface area contributed by atoms with Crippen molar-refractivity contribution >= 4 is 46.2 Å². The second-order valence-electron chi connectivity index (χ2n) is 15.7. The lowest BCUT2D eigenvalue weighted by atomic mass is 9.91. The van der Waals surface area contributed by atoms with Crippen molar-refractivity contribution in [3.63, 3.8) is 0 Å². The number of carbonyl (C=O) groups is 4. The summed E-state index contributed by atoms with van der Waals surface area (Å²) in [4.78, 5) is 68.6. The number of benzene rings is 3. The van der Waals surface area contributed by atoms with Crippen LogP contribution in [0.15, 0.2) is 53.7 Å². The minimum absolute atomic E-state index is 0.196. The fourth-order valence-electron chi connectivity index (χ4n) is 9.00. The summed E-state index contributed by atoms with van der Waals surface area (Å²) >= 11 is 0. The highest BCUT2D eigenvalue weighted by Gasteiger charge is 2.41. The van der Waals surface area contributed by atoms with Crippen LogP contribution >= 0.6 is 0 Å². The van der Waals surface area contributed by atoms with Gasteiger partial charge in [-0.2, -0.15) is 0 Å². The Morgan fingerprint density at radius 3 is 2.12 bits per heavy atom. The van der Waals surface area contributed by atoms with Gasteiger partial charge in [0.15, 0.2) is 0 Å². The molecule has 6 atom stereocenters. The Balaban J connectivity index is 0.997. The van der Waals surface area contributed by atoms with E-state index in [0.29, 0.717) is 31.9 Å². The molecule has 60 heavy (non-hydrogen) atoms. The molecule has 16 heteroatoms. The van der Waals surface area contributed by atoms with E-state index in [1.54, 1.807) is 24.9 Å². The number of rotatable bonds is 11. The summed E-state index contributed by atoms with van der Waals surface area (Å²) in [6, 6.07) is 12.4. The molecule has 2 fully saturated rings. The van der Waals surface area contributed by atoms with Crippen LogP contribution < -0.4 is 15.4 Å². The van der Waals surface area contributed by atoms with E-state index < -0.39 is 36.5 Å². The highest BCUT2D eigenvalue weighted by molar-refractivity contribution is 6.06. The number of imidazole rings is 1. The highest BCUT2D eigenvalue weighted by Crippen LogP contribution is 2.45. The van der Waals surface area contributed by atoms with Crippen molar-refractivity contribution in [1.82, 2.24) is 30.4 Å². The smallest absolute Gasteiger partial charge is 0.407 e. The van der Waals surface area contributed by atoms with Crippen molar-refractivity contribution in [2.45, 2.75) is 88.9 Å². The number of nitrogens with zero attached hydrogens (tertiary/aromatic N) is 4. The number of nitrogens with one attached hydrogen (secondary N) is 3.